The summed E-state index contributed by atoms with van der Waals surface area (Å²) in [5, 5.41) is -0.215. The second-order valence-corrected chi connectivity index (χ2v) is 7.58. The number of nitrogens with zero attached hydrogens (tertiary/aromatic N) is 1. The molecule has 1 saturated heterocycles. The van der Waals surface area contributed by atoms with Gasteiger partial charge in [-0.3, -0.25) is 14.5 Å². The molecule has 1 fully saturated rings. The van der Waals surface area contributed by atoms with E-state index in [2.05, 4.69) is 0 Å². The van der Waals surface area contributed by atoms with Gasteiger partial charge >= 0.3 is 5.97 Å². The van der Waals surface area contributed by atoms with Crippen LogP contribution in [0.4, 0.5) is 4.79 Å². The zero-order valence-electron chi connectivity index (χ0n) is 16.3. The molecule has 0 aliphatic carbocycles. The molecular weight excluding hydrogens is 406 g/mol. The van der Waals surface area contributed by atoms with Crippen molar-refractivity contribution >= 4 is 46.6 Å². The number of imide groups is 1. The van der Waals surface area contributed by atoms with Crippen LogP contribution in [0.25, 0.3) is 6.08 Å². The fraction of sp³-hybridized carbons (Fsp3) is 0.421. The van der Waals surface area contributed by atoms with E-state index in [1.54, 1.807) is 19.1 Å². The number of thioether (sulfide) groups is 1. The molecule has 2 amide bonds. The Morgan fingerprint density at radius 1 is 1.29 bits per heavy atom. The molecule has 0 radical (unpaired) electrons. The van der Waals surface area contributed by atoms with Gasteiger partial charge in [-0.05, 0) is 63.2 Å². The summed E-state index contributed by atoms with van der Waals surface area (Å²) >= 11 is 7.05. The number of ether oxygens (including phenoxy) is 3. The van der Waals surface area contributed by atoms with E-state index < -0.39 is 23.2 Å². The van der Waals surface area contributed by atoms with E-state index in [0.29, 0.717) is 22.1 Å². The molecule has 1 aromatic carbocycles. The van der Waals surface area contributed by atoms with Crippen molar-refractivity contribution in [2.75, 3.05) is 13.7 Å². The molecular formula is C19H22ClNO6S. The van der Waals surface area contributed by atoms with Crippen molar-refractivity contribution in [1.82, 2.24) is 4.90 Å². The molecule has 0 N–H and O–H groups in total. The van der Waals surface area contributed by atoms with Gasteiger partial charge in [0, 0.05) is 0 Å². The third-order valence-corrected chi connectivity index (χ3v) is 4.91. The van der Waals surface area contributed by atoms with Gasteiger partial charge in [0.1, 0.15) is 6.04 Å². The largest absolute Gasteiger partial charge is 0.493 e. The Morgan fingerprint density at radius 2 is 1.96 bits per heavy atom. The summed E-state index contributed by atoms with van der Waals surface area (Å²) < 4.78 is 15.9. The monoisotopic (exact) mass is 427 g/mol. The zero-order valence-corrected chi connectivity index (χ0v) is 17.8. The first-order valence-electron chi connectivity index (χ1n) is 8.67. The van der Waals surface area contributed by atoms with Crippen molar-refractivity contribution in [3.05, 3.63) is 27.6 Å². The lowest BCUT2D eigenvalue weighted by atomic mass is 10.1. The maximum atomic E-state index is 12.6. The zero-order chi connectivity index (χ0) is 21.0. The Bertz CT molecular complexity index is 823. The number of methoxy groups -OCH3 is 1. The molecule has 2 rings (SSSR count). The highest BCUT2D eigenvalue weighted by molar-refractivity contribution is 8.18. The molecule has 0 unspecified atom stereocenters. The molecule has 0 aromatic heterocycles. The lowest BCUT2D eigenvalue weighted by molar-refractivity contribution is -0.150. The number of esters is 1. The van der Waals surface area contributed by atoms with Crippen LogP contribution in [-0.2, 0) is 14.3 Å². The van der Waals surface area contributed by atoms with Crippen molar-refractivity contribution in [3.8, 4) is 11.5 Å². The molecule has 7 nitrogen and oxygen atoms in total. The quantitative estimate of drug-likeness (QED) is 0.478. The highest BCUT2D eigenvalue weighted by Gasteiger charge is 2.41. The van der Waals surface area contributed by atoms with Crippen LogP contribution >= 0.6 is 23.4 Å². The summed E-state index contributed by atoms with van der Waals surface area (Å²) in [5.74, 6) is -0.383. The SMILES string of the molecule is CCOC(=O)[C@H](C)N1C(=O)S/C(=C/c2cc(Cl)c(OC(C)C)c(OC)c2)C1=O. The average Bonchev–Trinajstić information content (AvgIpc) is 2.89. The first-order chi connectivity index (χ1) is 13.2. The number of carbonyl (C=O) groups excluding carboxylic acids is 3. The fourth-order valence-electron chi connectivity index (χ4n) is 2.51. The molecule has 1 heterocycles. The Labute approximate surface area is 172 Å². The van der Waals surface area contributed by atoms with E-state index in [0.717, 1.165) is 16.7 Å². The van der Waals surface area contributed by atoms with E-state index in [9.17, 15) is 14.4 Å². The highest BCUT2D eigenvalue weighted by atomic mass is 35.5. The first-order valence-corrected chi connectivity index (χ1v) is 9.86. The lowest BCUT2D eigenvalue weighted by Crippen LogP contribution is -2.42. The smallest absolute Gasteiger partial charge is 0.329 e. The van der Waals surface area contributed by atoms with E-state index in [1.165, 1.54) is 20.1 Å². The molecule has 1 aliphatic rings. The predicted octanol–water partition coefficient (Wildman–Crippen LogP) is 4.12. The van der Waals surface area contributed by atoms with E-state index in [-0.39, 0.29) is 17.6 Å². The summed E-state index contributed by atoms with van der Waals surface area (Å²) in [6.07, 6.45) is 1.43. The van der Waals surface area contributed by atoms with Crippen molar-refractivity contribution < 1.29 is 28.6 Å². The van der Waals surface area contributed by atoms with Crippen LogP contribution in [0.1, 0.15) is 33.3 Å². The second-order valence-electron chi connectivity index (χ2n) is 6.18. The summed E-state index contributed by atoms with van der Waals surface area (Å²) in [4.78, 5) is 37.9. The number of hydrogen-bond donors (Lipinski definition) is 0. The molecule has 28 heavy (non-hydrogen) atoms. The van der Waals surface area contributed by atoms with Crippen LogP contribution in [-0.4, -0.2) is 47.9 Å². The number of carbonyl (C=O) groups is 3. The van der Waals surface area contributed by atoms with Gasteiger partial charge in [0.25, 0.3) is 11.1 Å². The van der Waals surface area contributed by atoms with Gasteiger partial charge in [-0.2, -0.15) is 0 Å². The summed E-state index contributed by atoms with van der Waals surface area (Å²) in [6.45, 7) is 7.00. The molecule has 1 aromatic rings. The number of amides is 2. The van der Waals surface area contributed by atoms with Gasteiger partial charge < -0.3 is 14.2 Å². The molecule has 9 heteroatoms. The Morgan fingerprint density at radius 3 is 2.54 bits per heavy atom. The van der Waals surface area contributed by atoms with Crippen molar-refractivity contribution in [2.24, 2.45) is 0 Å². The third kappa shape index (κ3) is 4.80. The molecule has 0 saturated carbocycles. The maximum absolute atomic E-state index is 12.6. The van der Waals surface area contributed by atoms with E-state index in [1.807, 2.05) is 13.8 Å². The van der Waals surface area contributed by atoms with Gasteiger partial charge in [-0.15, -0.1) is 0 Å². The van der Waals surface area contributed by atoms with Crippen molar-refractivity contribution in [1.29, 1.82) is 0 Å². The van der Waals surface area contributed by atoms with Gasteiger partial charge in [-0.25, -0.2) is 4.79 Å². The molecule has 1 atom stereocenters. The molecule has 152 valence electrons. The molecule has 1 aliphatic heterocycles. The van der Waals surface area contributed by atoms with E-state index in [4.69, 9.17) is 25.8 Å². The topological polar surface area (TPSA) is 82.1 Å². The lowest BCUT2D eigenvalue weighted by Gasteiger charge is -2.19. The van der Waals surface area contributed by atoms with E-state index >= 15 is 0 Å². The molecule has 0 bridgehead atoms. The highest BCUT2D eigenvalue weighted by Crippen LogP contribution is 2.39. The Balaban J connectivity index is 2.33. The van der Waals surface area contributed by atoms with Crippen LogP contribution < -0.4 is 9.47 Å². The third-order valence-electron chi connectivity index (χ3n) is 3.74. The van der Waals surface area contributed by atoms with Crippen LogP contribution in [0.3, 0.4) is 0 Å². The Kier molecular flexibility index (Phi) is 7.37. The number of hydrogen-bond acceptors (Lipinski definition) is 7. The fourth-order valence-corrected chi connectivity index (χ4v) is 3.68. The van der Waals surface area contributed by atoms with Gasteiger partial charge in [0.05, 0.1) is 29.7 Å². The predicted molar refractivity (Wildman–Crippen MR) is 108 cm³/mol. The van der Waals surface area contributed by atoms with Crippen LogP contribution in [0.5, 0.6) is 11.5 Å². The van der Waals surface area contributed by atoms with Crippen molar-refractivity contribution in [3.63, 3.8) is 0 Å². The normalized spacial score (nSPS) is 16.7. The van der Waals surface area contributed by atoms with Crippen molar-refractivity contribution in [2.45, 2.75) is 39.8 Å². The summed E-state index contributed by atoms with van der Waals surface area (Å²) in [6, 6.07) is 2.27. The Hall–Kier alpha value is -2.19. The molecule has 0 spiro atoms. The van der Waals surface area contributed by atoms with Crippen LogP contribution in [0, 0.1) is 0 Å². The van der Waals surface area contributed by atoms with Gasteiger partial charge in [0.15, 0.2) is 11.5 Å². The minimum atomic E-state index is -1.00. The number of benzene rings is 1. The minimum absolute atomic E-state index is 0.0990. The van der Waals surface area contributed by atoms with Crippen LogP contribution in [0.2, 0.25) is 5.02 Å². The minimum Gasteiger partial charge on any atom is -0.493 e. The number of halogens is 1. The van der Waals surface area contributed by atoms with Gasteiger partial charge in [0.2, 0.25) is 0 Å². The maximum Gasteiger partial charge on any atom is 0.329 e. The standard InChI is InChI=1S/C19H22ClNO6S/c1-6-26-18(23)11(4)21-17(22)15(28-19(21)24)9-12-7-13(20)16(27-10(2)3)14(8-12)25-5/h7-11H,6H2,1-5H3/b15-9+/t11-/m0/s1. The summed E-state index contributed by atoms with van der Waals surface area (Å²) in [5.41, 5.74) is 0.562. The average molecular weight is 428 g/mol. The van der Waals surface area contributed by atoms with Gasteiger partial charge in [-0.1, -0.05) is 11.6 Å². The van der Waals surface area contributed by atoms with Crippen LogP contribution in [0.15, 0.2) is 17.0 Å². The summed E-state index contributed by atoms with van der Waals surface area (Å²) in [7, 11) is 1.48. The number of rotatable bonds is 7. The second kappa shape index (κ2) is 9.34. The first kappa shape index (κ1) is 22.1.